The molecule has 1 aromatic rings. The Kier molecular flexibility index (Phi) is 4.76. The van der Waals surface area contributed by atoms with Crippen LogP contribution in [0.1, 0.15) is 26.7 Å². The lowest BCUT2D eigenvalue weighted by atomic mass is 10.5. The van der Waals surface area contributed by atoms with E-state index in [1.54, 1.807) is 7.11 Å². The summed E-state index contributed by atoms with van der Waals surface area (Å²) in [5, 5.41) is 0.156. The van der Waals surface area contributed by atoms with Crippen LogP contribution in [0.3, 0.4) is 0 Å². The summed E-state index contributed by atoms with van der Waals surface area (Å²) in [5.74, 6) is 0.565. The summed E-state index contributed by atoms with van der Waals surface area (Å²) in [7, 11) is 1.68. The van der Waals surface area contributed by atoms with Crippen molar-refractivity contribution in [3.8, 4) is 6.01 Å². The zero-order chi connectivity index (χ0) is 13.8. The van der Waals surface area contributed by atoms with Gasteiger partial charge >= 0.3 is 6.01 Å². The summed E-state index contributed by atoms with van der Waals surface area (Å²) >= 11 is 5.94. The second kappa shape index (κ2) is 6.34. The summed E-state index contributed by atoms with van der Waals surface area (Å²) in [4.78, 5) is 14.6. The van der Waals surface area contributed by atoms with E-state index in [-0.39, 0.29) is 17.4 Å². The van der Waals surface area contributed by atoms with Crippen LogP contribution >= 0.6 is 11.6 Å². The molecule has 0 spiro atoms. The smallest absolute Gasteiger partial charge is 0.322 e. The fraction of sp³-hybridized carbons (Fsp3) is 0.750. The van der Waals surface area contributed by atoms with Crippen LogP contribution in [-0.4, -0.2) is 47.4 Å². The zero-order valence-electron chi connectivity index (χ0n) is 11.5. The second-order valence-electron chi connectivity index (χ2n) is 4.77. The van der Waals surface area contributed by atoms with E-state index in [1.165, 1.54) is 0 Å². The van der Waals surface area contributed by atoms with E-state index < -0.39 is 0 Å². The van der Waals surface area contributed by atoms with E-state index in [9.17, 15) is 0 Å². The van der Waals surface area contributed by atoms with Crippen molar-refractivity contribution in [1.82, 2.24) is 15.0 Å². The van der Waals surface area contributed by atoms with Crippen LogP contribution in [0.15, 0.2) is 0 Å². The van der Waals surface area contributed by atoms with E-state index in [0.29, 0.717) is 18.6 Å². The molecule has 1 saturated carbocycles. The van der Waals surface area contributed by atoms with Gasteiger partial charge in [-0.15, -0.1) is 0 Å². The molecule has 0 amide bonds. The van der Waals surface area contributed by atoms with Crippen molar-refractivity contribution in [3.05, 3.63) is 5.28 Å². The summed E-state index contributed by atoms with van der Waals surface area (Å²) < 4.78 is 10.6. The first kappa shape index (κ1) is 14.3. The lowest BCUT2D eigenvalue weighted by Crippen LogP contribution is -2.31. The Bertz CT molecular complexity index is 426. The van der Waals surface area contributed by atoms with Crippen molar-refractivity contribution in [3.63, 3.8) is 0 Å². The SMILES string of the molecule is COCCN(c1nc(Cl)nc(OC(C)C)n1)C1CC1. The fourth-order valence-corrected chi connectivity index (χ4v) is 1.88. The molecule has 7 heteroatoms. The Hall–Kier alpha value is -1.14. The van der Waals surface area contributed by atoms with Crippen molar-refractivity contribution < 1.29 is 9.47 Å². The predicted molar refractivity (Wildman–Crippen MR) is 72.8 cm³/mol. The molecular weight excluding hydrogens is 268 g/mol. The molecule has 0 atom stereocenters. The molecule has 1 aliphatic rings. The van der Waals surface area contributed by atoms with Gasteiger partial charge in [0.1, 0.15) is 0 Å². The minimum atomic E-state index is -0.000309. The fourth-order valence-electron chi connectivity index (χ4n) is 1.74. The molecule has 1 heterocycles. The van der Waals surface area contributed by atoms with Crippen LogP contribution in [0.25, 0.3) is 0 Å². The third-order valence-electron chi connectivity index (χ3n) is 2.70. The molecule has 1 aromatic heterocycles. The third kappa shape index (κ3) is 4.18. The highest BCUT2D eigenvalue weighted by atomic mass is 35.5. The molecule has 0 N–H and O–H groups in total. The highest BCUT2D eigenvalue weighted by Gasteiger charge is 2.31. The molecule has 0 bridgehead atoms. The molecule has 0 radical (unpaired) electrons. The van der Waals surface area contributed by atoms with Gasteiger partial charge in [0.25, 0.3) is 0 Å². The van der Waals surface area contributed by atoms with Gasteiger partial charge in [-0.25, -0.2) is 0 Å². The first-order chi connectivity index (χ1) is 9.10. The largest absolute Gasteiger partial charge is 0.461 e. The lowest BCUT2D eigenvalue weighted by Gasteiger charge is -2.22. The van der Waals surface area contributed by atoms with Gasteiger partial charge in [-0.05, 0) is 38.3 Å². The van der Waals surface area contributed by atoms with E-state index >= 15 is 0 Å². The number of rotatable bonds is 7. The molecule has 6 nitrogen and oxygen atoms in total. The van der Waals surface area contributed by atoms with Crippen molar-refractivity contribution in [1.29, 1.82) is 0 Å². The van der Waals surface area contributed by atoms with Gasteiger partial charge < -0.3 is 14.4 Å². The topological polar surface area (TPSA) is 60.4 Å². The maximum absolute atomic E-state index is 5.94. The van der Waals surface area contributed by atoms with Gasteiger partial charge in [0, 0.05) is 19.7 Å². The molecule has 106 valence electrons. The average Bonchev–Trinajstić information content (AvgIpc) is 3.12. The monoisotopic (exact) mass is 286 g/mol. The van der Waals surface area contributed by atoms with Crippen molar-refractivity contribution in [2.75, 3.05) is 25.2 Å². The number of aromatic nitrogens is 3. The standard InChI is InChI=1S/C12H19ClN4O2/c1-8(2)19-12-15-10(13)14-11(16-12)17(6-7-18-3)9-4-5-9/h8-9H,4-7H2,1-3H3. The number of hydrogen-bond donors (Lipinski definition) is 0. The summed E-state index contributed by atoms with van der Waals surface area (Å²) in [6, 6.07) is 0.744. The maximum Gasteiger partial charge on any atom is 0.322 e. The van der Waals surface area contributed by atoms with Gasteiger partial charge in [-0.2, -0.15) is 15.0 Å². The lowest BCUT2D eigenvalue weighted by molar-refractivity contribution is 0.203. The molecule has 1 aliphatic carbocycles. The number of nitrogens with zero attached hydrogens (tertiary/aromatic N) is 4. The Morgan fingerprint density at radius 2 is 2.05 bits per heavy atom. The molecule has 0 aromatic carbocycles. The van der Waals surface area contributed by atoms with Gasteiger partial charge in [0.05, 0.1) is 12.7 Å². The highest BCUT2D eigenvalue weighted by molar-refractivity contribution is 6.28. The van der Waals surface area contributed by atoms with Crippen molar-refractivity contribution in [2.24, 2.45) is 0 Å². The van der Waals surface area contributed by atoms with Crippen LogP contribution in [0, 0.1) is 0 Å². The summed E-state index contributed by atoms with van der Waals surface area (Å²) in [6.45, 7) is 5.20. The number of ether oxygens (including phenoxy) is 2. The number of halogens is 1. The van der Waals surface area contributed by atoms with Crippen LogP contribution < -0.4 is 9.64 Å². The van der Waals surface area contributed by atoms with Crippen molar-refractivity contribution >= 4 is 17.5 Å². The Morgan fingerprint density at radius 3 is 2.63 bits per heavy atom. The van der Waals surface area contributed by atoms with Crippen molar-refractivity contribution in [2.45, 2.75) is 38.8 Å². The first-order valence-corrected chi connectivity index (χ1v) is 6.81. The molecular formula is C12H19ClN4O2. The molecule has 1 fully saturated rings. The van der Waals surface area contributed by atoms with Gasteiger partial charge in [0.15, 0.2) is 0 Å². The minimum Gasteiger partial charge on any atom is -0.461 e. The maximum atomic E-state index is 5.94. The normalized spacial score (nSPS) is 14.8. The summed E-state index contributed by atoms with van der Waals surface area (Å²) in [5.41, 5.74) is 0. The Balaban J connectivity index is 2.18. The minimum absolute atomic E-state index is 0.000309. The Labute approximate surface area is 118 Å². The number of anilines is 1. The zero-order valence-corrected chi connectivity index (χ0v) is 12.2. The first-order valence-electron chi connectivity index (χ1n) is 6.44. The summed E-state index contributed by atoms with van der Waals surface area (Å²) in [6.07, 6.45) is 2.29. The van der Waals surface area contributed by atoms with Crippen LogP contribution in [0.5, 0.6) is 6.01 Å². The van der Waals surface area contributed by atoms with Gasteiger partial charge in [-0.3, -0.25) is 0 Å². The Morgan fingerprint density at radius 1 is 1.32 bits per heavy atom. The molecule has 2 rings (SSSR count). The predicted octanol–water partition coefficient (Wildman–Crippen LogP) is 1.93. The molecule has 0 unspecified atom stereocenters. The van der Waals surface area contributed by atoms with Crippen LogP contribution in [0.2, 0.25) is 5.28 Å². The van der Waals surface area contributed by atoms with Crippen LogP contribution in [0.4, 0.5) is 5.95 Å². The van der Waals surface area contributed by atoms with E-state index in [4.69, 9.17) is 21.1 Å². The molecule has 0 saturated heterocycles. The quantitative estimate of drug-likeness (QED) is 0.763. The third-order valence-corrected chi connectivity index (χ3v) is 2.87. The van der Waals surface area contributed by atoms with Gasteiger partial charge in [0.2, 0.25) is 11.2 Å². The van der Waals surface area contributed by atoms with E-state index in [1.807, 2.05) is 13.8 Å². The number of methoxy groups -OCH3 is 1. The number of hydrogen-bond acceptors (Lipinski definition) is 6. The van der Waals surface area contributed by atoms with E-state index in [0.717, 1.165) is 19.4 Å². The van der Waals surface area contributed by atoms with Crippen LogP contribution in [-0.2, 0) is 4.74 Å². The van der Waals surface area contributed by atoms with Gasteiger partial charge in [-0.1, -0.05) is 0 Å². The second-order valence-corrected chi connectivity index (χ2v) is 5.11. The average molecular weight is 287 g/mol. The molecule has 0 aliphatic heterocycles. The van der Waals surface area contributed by atoms with E-state index in [2.05, 4.69) is 19.9 Å². The highest BCUT2D eigenvalue weighted by Crippen LogP contribution is 2.30. The molecule has 19 heavy (non-hydrogen) atoms.